The van der Waals surface area contributed by atoms with Gasteiger partial charge in [-0.3, -0.25) is 4.90 Å². The van der Waals surface area contributed by atoms with E-state index < -0.39 is 5.82 Å². The van der Waals surface area contributed by atoms with Gasteiger partial charge in [-0.15, -0.1) is 0 Å². The van der Waals surface area contributed by atoms with E-state index in [2.05, 4.69) is 45.6 Å². The quantitative estimate of drug-likeness (QED) is 0.260. The highest BCUT2D eigenvalue weighted by Gasteiger charge is 2.33. The molecule has 204 valence electrons. The Morgan fingerprint density at radius 3 is 2.45 bits per heavy atom. The van der Waals surface area contributed by atoms with E-state index in [1.165, 1.54) is 18.2 Å². The highest BCUT2D eigenvalue weighted by atomic mass is 35.5. The predicted octanol–water partition coefficient (Wildman–Crippen LogP) is 5.11. The van der Waals surface area contributed by atoms with Gasteiger partial charge in [0.2, 0.25) is 0 Å². The smallest absolute Gasteiger partial charge is 0.338 e. The number of benzene rings is 3. The number of urea groups is 1. The molecule has 1 atom stereocenters. The van der Waals surface area contributed by atoms with Gasteiger partial charge in [0.25, 0.3) is 0 Å². The van der Waals surface area contributed by atoms with Gasteiger partial charge in [-0.05, 0) is 53.1 Å². The number of halogens is 2. The highest BCUT2D eigenvalue weighted by Crippen LogP contribution is 2.34. The second-order valence-corrected chi connectivity index (χ2v) is 10.5. The number of nitrogens with two attached hydrogens (primary N) is 1. The molecule has 0 aromatic heterocycles. The first kappa shape index (κ1) is 26.1. The summed E-state index contributed by atoms with van der Waals surface area (Å²) in [5.41, 5.74) is 5.92. The van der Waals surface area contributed by atoms with E-state index in [1.54, 1.807) is 11.0 Å². The molecule has 0 radical (unpaired) electrons. The third-order valence-electron chi connectivity index (χ3n) is 7.48. The Kier molecular flexibility index (Phi) is 7.30. The lowest BCUT2D eigenvalue weighted by molar-refractivity contribution is 0.145. The first-order valence-electron chi connectivity index (χ1n) is 13.3. The number of amides is 2. The van der Waals surface area contributed by atoms with Crippen molar-refractivity contribution >= 4 is 34.6 Å². The average Bonchev–Trinajstić information content (AvgIpc) is 3.35. The van der Waals surface area contributed by atoms with Crippen LogP contribution in [0.4, 0.5) is 14.9 Å². The monoisotopic (exact) mass is 556 g/mol. The molecule has 2 amide bonds. The van der Waals surface area contributed by atoms with E-state index in [0.29, 0.717) is 43.4 Å². The number of anilines is 1. The molecular weight excluding hydrogens is 527 g/mol. The Balaban J connectivity index is 1.21. The first-order chi connectivity index (χ1) is 19.5. The molecule has 0 spiro atoms. The van der Waals surface area contributed by atoms with Crippen molar-refractivity contribution < 1.29 is 9.18 Å². The molecule has 3 aliphatic rings. The lowest BCUT2D eigenvalue weighted by Gasteiger charge is -2.37. The average molecular weight is 557 g/mol. The minimum Gasteiger partial charge on any atom is -0.360 e. The van der Waals surface area contributed by atoms with Gasteiger partial charge in [-0.2, -0.15) is 0 Å². The van der Waals surface area contributed by atoms with Crippen LogP contribution < -0.4 is 16.2 Å². The number of hydrogen-bond acceptors (Lipinski definition) is 5. The molecule has 1 fully saturated rings. The summed E-state index contributed by atoms with van der Waals surface area (Å²) in [6.45, 7) is 3.11. The predicted molar refractivity (Wildman–Crippen MR) is 157 cm³/mol. The number of nitrogens with zero attached hydrogens (tertiary/aromatic N) is 4. The van der Waals surface area contributed by atoms with E-state index in [-0.39, 0.29) is 12.2 Å². The minimum atomic E-state index is -0.434. The van der Waals surface area contributed by atoms with Gasteiger partial charge in [0.05, 0.1) is 17.1 Å². The van der Waals surface area contributed by atoms with Crippen LogP contribution in [0.25, 0.3) is 11.3 Å². The van der Waals surface area contributed by atoms with Crippen molar-refractivity contribution in [1.82, 2.24) is 20.0 Å². The van der Waals surface area contributed by atoms with Crippen LogP contribution >= 0.6 is 11.6 Å². The Morgan fingerprint density at radius 1 is 0.975 bits per heavy atom. The lowest BCUT2D eigenvalue weighted by atomic mass is 10.0. The summed E-state index contributed by atoms with van der Waals surface area (Å²) in [5.74, 6) is 5.62. The second kappa shape index (κ2) is 11.2. The largest absolute Gasteiger partial charge is 0.360 e. The van der Waals surface area contributed by atoms with Crippen molar-refractivity contribution in [3.63, 3.8) is 0 Å². The van der Waals surface area contributed by atoms with Crippen LogP contribution in [-0.4, -0.2) is 59.6 Å². The van der Waals surface area contributed by atoms with Gasteiger partial charge in [0.1, 0.15) is 12.0 Å². The summed E-state index contributed by atoms with van der Waals surface area (Å²) in [6.07, 6.45) is 6.56. The van der Waals surface area contributed by atoms with Crippen molar-refractivity contribution in [2.75, 3.05) is 37.7 Å². The number of nitrogens with one attached hydrogen (secondary N) is 1. The molecule has 0 aliphatic carbocycles. The molecule has 9 heteroatoms. The van der Waals surface area contributed by atoms with Crippen LogP contribution in [-0.2, 0) is 0 Å². The lowest BCUT2D eigenvalue weighted by Crippen LogP contribution is -2.55. The van der Waals surface area contributed by atoms with Crippen LogP contribution in [0.15, 0.2) is 103 Å². The molecule has 3 heterocycles. The zero-order valence-corrected chi connectivity index (χ0v) is 22.6. The standard InChI is InChI=1S/C31H30ClFN6O/c32-25-12-9-23(10-13-25)30-28(38-20-24(11-14-29(38)35-30)22-5-2-1-3-6-22)21-36-15-17-37(18-16-36)31(40)39(34)27-8-4-7-26(33)19-27/h1-14,19-20,29,35H,15-18,21,34H2. The molecule has 1 unspecified atom stereocenters. The number of hydrazine groups is 1. The van der Waals surface area contributed by atoms with Crippen LogP contribution in [0.5, 0.6) is 0 Å². The Labute approximate surface area is 238 Å². The zero-order valence-electron chi connectivity index (χ0n) is 21.9. The zero-order chi connectivity index (χ0) is 27.6. The summed E-state index contributed by atoms with van der Waals surface area (Å²) < 4.78 is 13.6. The number of hydrogen-bond donors (Lipinski definition) is 2. The third-order valence-corrected chi connectivity index (χ3v) is 7.73. The summed E-state index contributed by atoms with van der Waals surface area (Å²) in [5, 5.41) is 5.40. The van der Waals surface area contributed by atoms with E-state index in [0.717, 1.165) is 33.1 Å². The van der Waals surface area contributed by atoms with E-state index in [9.17, 15) is 9.18 Å². The third kappa shape index (κ3) is 5.34. The van der Waals surface area contributed by atoms with Crippen molar-refractivity contribution in [3.8, 4) is 0 Å². The molecule has 6 rings (SSSR count). The van der Waals surface area contributed by atoms with Crippen molar-refractivity contribution in [2.24, 2.45) is 5.84 Å². The van der Waals surface area contributed by atoms with Gasteiger partial charge >= 0.3 is 6.03 Å². The van der Waals surface area contributed by atoms with E-state index in [4.69, 9.17) is 17.4 Å². The van der Waals surface area contributed by atoms with E-state index in [1.807, 2.05) is 42.5 Å². The molecule has 7 nitrogen and oxygen atoms in total. The Bertz CT molecular complexity index is 1480. The van der Waals surface area contributed by atoms with Crippen LogP contribution in [0.3, 0.4) is 0 Å². The number of piperazine rings is 1. The van der Waals surface area contributed by atoms with Crippen molar-refractivity contribution in [3.05, 3.63) is 125 Å². The summed E-state index contributed by atoms with van der Waals surface area (Å²) in [7, 11) is 0. The fraction of sp³-hybridized carbons (Fsp3) is 0.194. The molecule has 40 heavy (non-hydrogen) atoms. The molecule has 1 saturated heterocycles. The number of fused-ring (bicyclic) bond motifs is 1. The fourth-order valence-corrected chi connectivity index (χ4v) is 5.44. The van der Waals surface area contributed by atoms with Crippen LogP contribution in [0, 0.1) is 5.82 Å². The van der Waals surface area contributed by atoms with Crippen LogP contribution in [0.1, 0.15) is 11.1 Å². The Morgan fingerprint density at radius 2 is 1.73 bits per heavy atom. The topological polar surface area (TPSA) is 68.1 Å². The number of carbonyl (C=O) groups is 1. The second-order valence-electron chi connectivity index (χ2n) is 10.0. The van der Waals surface area contributed by atoms with Crippen molar-refractivity contribution in [1.29, 1.82) is 0 Å². The molecule has 3 N–H and O–H groups in total. The number of allylic oxidation sites excluding steroid dienone is 2. The molecule has 3 aromatic carbocycles. The van der Waals surface area contributed by atoms with Gasteiger partial charge < -0.3 is 15.1 Å². The molecule has 3 aromatic rings. The summed E-state index contributed by atoms with van der Waals surface area (Å²) in [4.78, 5) is 19.4. The maximum atomic E-state index is 13.6. The van der Waals surface area contributed by atoms with Gasteiger partial charge in [0.15, 0.2) is 0 Å². The van der Waals surface area contributed by atoms with E-state index >= 15 is 0 Å². The SMILES string of the molecule is NN(C(=O)N1CCN(CC2=C(c3ccc(Cl)cc3)NC3C=CC(c4ccccc4)=CN23)CC1)c1cccc(F)c1. The number of rotatable bonds is 5. The van der Waals surface area contributed by atoms with Gasteiger partial charge in [-0.25, -0.2) is 20.0 Å². The first-order valence-corrected chi connectivity index (χ1v) is 13.6. The maximum Gasteiger partial charge on any atom is 0.338 e. The molecular formula is C31H30ClFN6O. The molecule has 0 bridgehead atoms. The normalized spacial score (nSPS) is 18.9. The molecule has 0 saturated carbocycles. The minimum absolute atomic E-state index is 0.00748. The maximum absolute atomic E-state index is 13.6. The highest BCUT2D eigenvalue weighted by molar-refractivity contribution is 6.30. The molecule has 3 aliphatic heterocycles. The van der Waals surface area contributed by atoms with Crippen LogP contribution in [0.2, 0.25) is 5.02 Å². The Hall–Kier alpha value is -4.11. The summed E-state index contributed by atoms with van der Waals surface area (Å²) >= 11 is 6.19. The number of carbonyl (C=O) groups excluding carboxylic acids is 1. The van der Waals surface area contributed by atoms with Gasteiger partial charge in [-0.1, -0.05) is 66.2 Å². The summed E-state index contributed by atoms with van der Waals surface area (Å²) in [6, 6.07) is 23.6. The fourth-order valence-electron chi connectivity index (χ4n) is 5.31. The van der Waals surface area contributed by atoms with Gasteiger partial charge in [0, 0.05) is 43.9 Å². The van der Waals surface area contributed by atoms with Crippen molar-refractivity contribution in [2.45, 2.75) is 6.17 Å².